The maximum atomic E-state index is 12.3. The van der Waals surface area contributed by atoms with Crippen molar-refractivity contribution in [3.8, 4) is 0 Å². The average Bonchev–Trinajstić information content (AvgIpc) is 2.53. The third-order valence-corrected chi connectivity index (χ3v) is 4.45. The van der Waals surface area contributed by atoms with Gasteiger partial charge in [0.15, 0.2) is 0 Å². The second kappa shape index (κ2) is 11.6. The van der Waals surface area contributed by atoms with E-state index in [0.717, 1.165) is 44.3 Å². The molecule has 1 heterocycles. The van der Waals surface area contributed by atoms with Gasteiger partial charge in [0.2, 0.25) is 5.91 Å². The van der Waals surface area contributed by atoms with Crippen molar-refractivity contribution in [1.29, 1.82) is 0 Å². The summed E-state index contributed by atoms with van der Waals surface area (Å²) in [5, 5.41) is 4.96. The van der Waals surface area contributed by atoms with Crippen LogP contribution in [0.15, 0.2) is 24.5 Å². The van der Waals surface area contributed by atoms with Crippen LogP contribution in [0.5, 0.6) is 0 Å². The molecule has 1 aliphatic rings. The Bertz CT molecular complexity index is 465. The van der Waals surface area contributed by atoms with Gasteiger partial charge in [0.1, 0.15) is 0 Å². The van der Waals surface area contributed by atoms with E-state index >= 15 is 0 Å². The number of aromatic nitrogens is 1. The Balaban J connectivity index is 0.00000264. The van der Waals surface area contributed by atoms with Crippen LogP contribution < -0.4 is 36.0 Å². The summed E-state index contributed by atoms with van der Waals surface area (Å²) < 4.78 is 0. The van der Waals surface area contributed by atoms with Gasteiger partial charge in [-0.3, -0.25) is 15.6 Å². The lowest BCUT2D eigenvalue weighted by Crippen LogP contribution is -3.00. The number of halogens is 2. The average molecular weight is 375 g/mol. The molecule has 1 saturated carbocycles. The molecule has 0 aromatic carbocycles. The summed E-state index contributed by atoms with van der Waals surface area (Å²) in [7, 11) is 0. The largest absolute Gasteiger partial charge is 1.00 e. The van der Waals surface area contributed by atoms with Crippen LogP contribution in [0.4, 0.5) is 5.69 Å². The normalized spacial score (nSPS) is 20.2. The molecule has 2 rings (SSSR count). The van der Waals surface area contributed by atoms with Gasteiger partial charge in [0, 0.05) is 36.6 Å². The topological polar surface area (TPSA) is 71.2 Å². The zero-order chi connectivity index (χ0) is 15.9. The number of pyridine rings is 1. The molecule has 5 nitrogen and oxygen atoms in total. The molecule has 138 valence electrons. The van der Waals surface area contributed by atoms with Crippen molar-refractivity contribution in [1.82, 2.24) is 9.99 Å². The van der Waals surface area contributed by atoms with E-state index in [1.807, 2.05) is 17.1 Å². The van der Waals surface area contributed by atoms with Gasteiger partial charge < -0.3 is 30.1 Å². The molecule has 0 spiro atoms. The Morgan fingerprint density at radius 3 is 2.38 bits per heavy atom. The van der Waals surface area contributed by atoms with E-state index in [0.29, 0.717) is 12.0 Å². The van der Waals surface area contributed by atoms with Crippen molar-refractivity contribution < 1.29 is 29.6 Å². The minimum Gasteiger partial charge on any atom is -1.00 e. The molecule has 1 aliphatic carbocycles. The van der Waals surface area contributed by atoms with E-state index in [9.17, 15) is 4.79 Å². The van der Waals surface area contributed by atoms with Crippen LogP contribution in [0.3, 0.4) is 0 Å². The van der Waals surface area contributed by atoms with E-state index < -0.39 is 0 Å². The lowest BCUT2D eigenvalue weighted by atomic mass is 9.85. The SMILES string of the molecule is CC(C)CCN(N)C1CCC(C(=O)Nc2ccncc2)CC1.[Cl-].[Cl-]. The van der Waals surface area contributed by atoms with E-state index in [1.165, 1.54) is 0 Å². The van der Waals surface area contributed by atoms with Crippen molar-refractivity contribution in [3.63, 3.8) is 0 Å². The quantitative estimate of drug-likeness (QED) is 0.406. The fourth-order valence-corrected chi connectivity index (χ4v) is 2.94. The summed E-state index contributed by atoms with van der Waals surface area (Å²) in [6, 6.07) is 4.05. The molecule has 1 amide bonds. The maximum absolute atomic E-state index is 12.3. The van der Waals surface area contributed by atoms with Crippen LogP contribution in [0.25, 0.3) is 0 Å². The monoisotopic (exact) mass is 374 g/mol. The lowest BCUT2D eigenvalue weighted by molar-refractivity contribution is -0.121. The minimum atomic E-state index is 0. The predicted octanol–water partition coefficient (Wildman–Crippen LogP) is -3.19. The first kappa shape index (κ1) is 23.1. The fourth-order valence-electron chi connectivity index (χ4n) is 2.94. The number of hydrogen-bond donors (Lipinski definition) is 2. The molecule has 0 aliphatic heterocycles. The highest BCUT2D eigenvalue weighted by Crippen LogP contribution is 2.27. The van der Waals surface area contributed by atoms with Crippen molar-refractivity contribution in [2.24, 2.45) is 17.7 Å². The number of amides is 1. The molecule has 0 radical (unpaired) electrons. The first-order chi connectivity index (χ1) is 10.6. The summed E-state index contributed by atoms with van der Waals surface area (Å²) >= 11 is 0. The van der Waals surface area contributed by atoms with Crippen molar-refractivity contribution in [2.45, 2.75) is 52.0 Å². The Morgan fingerprint density at radius 2 is 1.83 bits per heavy atom. The molecule has 1 aromatic rings. The van der Waals surface area contributed by atoms with Gasteiger partial charge in [0.05, 0.1) is 0 Å². The summed E-state index contributed by atoms with van der Waals surface area (Å²) in [4.78, 5) is 16.2. The minimum absolute atomic E-state index is 0. The maximum Gasteiger partial charge on any atom is 0.227 e. The van der Waals surface area contributed by atoms with Crippen molar-refractivity contribution in [2.75, 3.05) is 11.9 Å². The number of nitrogens with zero attached hydrogens (tertiary/aromatic N) is 2. The summed E-state index contributed by atoms with van der Waals surface area (Å²) in [6.07, 6.45) is 8.33. The zero-order valence-electron chi connectivity index (χ0n) is 14.4. The highest BCUT2D eigenvalue weighted by Gasteiger charge is 2.28. The first-order valence-electron chi connectivity index (χ1n) is 8.28. The van der Waals surface area contributed by atoms with Crippen molar-refractivity contribution >= 4 is 11.6 Å². The number of nitrogens with two attached hydrogens (primary N) is 1. The number of nitrogens with one attached hydrogen (secondary N) is 1. The Morgan fingerprint density at radius 1 is 1.25 bits per heavy atom. The second-order valence-electron chi connectivity index (χ2n) is 6.65. The Hall–Kier alpha value is -0.880. The molecule has 1 fully saturated rings. The van der Waals surface area contributed by atoms with Gasteiger partial charge in [-0.2, -0.15) is 0 Å². The molecular weight excluding hydrogens is 347 g/mol. The molecule has 1 aromatic heterocycles. The van der Waals surface area contributed by atoms with Gasteiger partial charge in [-0.1, -0.05) is 13.8 Å². The number of carbonyl (C=O) groups excluding carboxylic acids is 1. The number of anilines is 1. The molecular formula is C17H28Cl2N4O-2. The van der Waals surface area contributed by atoms with Crippen LogP contribution >= 0.6 is 0 Å². The number of hydrogen-bond acceptors (Lipinski definition) is 4. The smallest absolute Gasteiger partial charge is 0.227 e. The van der Waals surface area contributed by atoms with Crippen LogP contribution in [-0.2, 0) is 4.79 Å². The third-order valence-electron chi connectivity index (χ3n) is 4.45. The predicted molar refractivity (Wildman–Crippen MR) is 89.0 cm³/mol. The third kappa shape index (κ3) is 7.34. The Labute approximate surface area is 157 Å². The van der Waals surface area contributed by atoms with E-state index in [1.54, 1.807) is 12.4 Å². The van der Waals surface area contributed by atoms with E-state index in [4.69, 9.17) is 5.84 Å². The highest BCUT2D eigenvalue weighted by molar-refractivity contribution is 5.92. The molecule has 0 unspecified atom stereocenters. The Kier molecular flexibility index (Phi) is 11.2. The van der Waals surface area contributed by atoms with Crippen molar-refractivity contribution in [3.05, 3.63) is 24.5 Å². The molecule has 3 N–H and O–H groups in total. The number of hydrazine groups is 1. The first-order valence-corrected chi connectivity index (χ1v) is 8.28. The summed E-state index contributed by atoms with van der Waals surface area (Å²) in [6.45, 7) is 5.37. The highest BCUT2D eigenvalue weighted by atomic mass is 35.5. The zero-order valence-corrected chi connectivity index (χ0v) is 15.9. The summed E-state index contributed by atoms with van der Waals surface area (Å²) in [5.74, 6) is 7.06. The van der Waals surface area contributed by atoms with Crippen LogP contribution in [-0.4, -0.2) is 28.5 Å². The second-order valence-corrected chi connectivity index (χ2v) is 6.65. The van der Waals surface area contributed by atoms with Gasteiger partial charge in [-0.05, 0) is 50.2 Å². The van der Waals surface area contributed by atoms with Gasteiger partial charge in [-0.25, -0.2) is 5.01 Å². The van der Waals surface area contributed by atoms with E-state index in [-0.39, 0.29) is 36.6 Å². The molecule has 0 atom stereocenters. The summed E-state index contributed by atoms with van der Waals surface area (Å²) in [5.41, 5.74) is 0.819. The molecule has 0 bridgehead atoms. The molecule has 0 saturated heterocycles. The standard InChI is InChI=1S/C17H28N4O.2ClH/c1-13(2)9-12-21(18)16-5-3-14(4-6-16)17(22)20-15-7-10-19-11-8-15;;/h7-8,10-11,13-14,16H,3-6,9,12,18H2,1-2H3,(H,19,20,22);2*1H/p-2. The molecule has 7 heteroatoms. The number of carbonyl (C=O) groups is 1. The van der Waals surface area contributed by atoms with Crippen LogP contribution in [0.1, 0.15) is 46.0 Å². The molecule has 24 heavy (non-hydrogen) atoms. The van der Waals surface area contributed by atoms with Crippen LogP contribution in [0.2, 0.25) is 0 Å². The lowest BCUT2D eigenvalue weighted by Gasteiger charge is -2.34. The van der Waals surface area contributed by atoms with Gasteiger partial charge >= 0.3 is 0 Å². The van der Waals surface area contributed by atoms with Crippen LogP contribution in [0, 0.1) is 11.8 Å². The number of rotatable bonds is 6. The fraction of sp³-hybridized carbons (Fsp3) is 0.647. The van der Waals surface area contributed by atoms with Gasteiger partial charge in [0.25, 0.3) is 0 Å². The van der Waals surface area contributed by atoms with E-state index in [2.05, 4.69) is 24.1 Å². The van der Waals surface area contributed by atoms with Gasteiger partial charge in [-0.15, -0.1) is 0 Å².